The molecule has 0 aliphatic carbocycles. The van der Waals surface area contributed by atoms with Crippen molar-refractivity contribution in [3.05, 3.63) is 0 Å². The van der Waals surface area contributed by atoms with Crippen LogP contribution in [-0.4, -0.2) is 30.0 Å². The predicted molar refractivity (Wildman–Crippen MR) is 45.3 cm³/mol. The van der Waals surface area contributed by atoms with E-state index in [1.807, 2.05) is 0 Å². The van der Waals surface area contributed by atoms with Crippen molar-refractivity contribution in [2.24, 2.45) is 11.3 Å². The van der Waals surface area contributed by atoms with E-state index in [0.29, 0.717) is 13.0 Å². The number of hydrazine groups is 1. The first-order valence-electron chi connectivity index (χ1n) is 4.26. The van der Waals surface area contributed by atoms with Gasteiger partial charge in [-0.25, -0.2) is 5.84 Å². The maximum atomic E-state index is 11.4. The first-order chi connectivity index (χ1) is 6.02. The van der Waals surface area contributed by atoms with Crippen molar-refractivity contribution in [2.45, 2.75) is 20.3 Å². The van der Waals surface area contributed by atoms with Crippen LogP contribution in [-0.2, 0) is 14.3 Å². The van der Waals surface area contributed by atoms with Crippen LogP contribution in [0.1, 0.15) is 20.3 Å². The second-order valence-corrected chi connectivity index (χ2v) is 3.30. The Hall–Kier alpha value is -1.10. The Balaban J connectivity index is 2.77. The molecule has 5 nitrogen and oxygen atoms in total. The Morgan fingerprint density at radius 3 is 2.77 bits per heavy atom. The average molecular weight is 186 g/mol. The fraction of sp³-hybridized carbons (Fsp3) is 0.750. The molecule has 0 saturated carbocycles. The molecule has 2 N–H and O–H groups in total. The number of esters is 1. The van der Waals surface area contributed by atoms with Gasteiger partial charge in [0.1, 0.15) is 5.41 Å². The Morgan fingerprint density at radius 2 is 2.38 bits per heavy atom. The normalized spacial score (nSPS) is 27.9. The highest BCUT2D eigenvalue weighted by molar-refractivity contribution is 6.03. The fourth-order valence-corrected chi connectivity index (χ4v) is 1.35. The molecule has 0 radical (unpaired) electrons. The maximum absolute atomic E-state index is 11.4. The van der Waals surface area contributed by atoms with E-state index >= 15 is 0 Å². The number of rotatable bonds is 2. The minimum atomic E-state index is -1.06. The van der Waals surface area contributed by atoms with E-state index in [1.165, 1.54) is 0 Å². The zero-order chi connectivity index (χ0) is 10.1. The van der Waals surface area contributed by atoms with Gasteiger partial charge in [0.25, 0.3) is 5.91 Å². The summed E-state index contributed by atoms with van der Waals surface area (Å²) in [6.45, 7) is 3.97. The first kappa shape index (κ1) is 9.98. The van der Waals surface area contributed by atoms with Crippen LogP contribution in [0.5, 0.6) is 0 Å². The molecule has 1 heterocycles. The largest absolute Gasteiger partial charge is 0.465 e. The summed E-state index contributed by atoms with van der Waals surface area (Å²) in [6, 6.07) is 0. The van der Waals surface area contributed by atoms with Crippen molar-refractivity contribution >= 4 is 11.9 Å². The lowest BCUT2D eigenvalue weighted by atomic mass is 9.89. The van der Waals surface area contributed by atoms with E-state index in [0.717, 1.165) is 5.01 Å². The van der Waals surface area contributed by atoms with Crippen LogP contribution < -0.4 is 5.84 Å². The van der Waals surface area contributed by atoms with Crippen LogP contribution >= 0.6 is 0 Å². The van der Waals surface area contributed by atoms with Crippen molar-refractivity contribution in [3.8, 4) is 0 Å². The van der Waals surface area contributed by atoms with Gasteiger partial charge in [0.05, 0.1) is 6.61 Å². The topological polar surface area (TPSA) is 72.6 Å². The number of amides is 1. The number of hydrogen-bond donors (Lipinski definition) is 1. The lowest BCUT2D eigenvalue weighted by molar-refractivity contribution is -0.159. The fourth-order valence-electron chi connectivity index (χ4n) is 1.35. The molecule has 1 amide bonds. The minimum absolute atomic E-state index is 0.284. The number of ether oxygens (including phenoxy) is 1. The molecule has 13 heavy (non-hydrogen) atoms. The van der Waals surface area contributed by atoms with Crippen molar-refractivity contribution in [3.63, 3.8) is 0 Å². The molecule has 1 atom stereocenters. The highest BCUT2D eigenvalue weighted by Gasteiger charge is 2.49. The van der Waals surface area contributed by atoms with Gasteiger partial charge in [-0.3, -0.25) is 14.6 Å². The number of carbonyl (C=O) groups excluding carboxylic acids is 2. The van der Waals surface area contributed by atoms with Crippen LogP contribution in [0, 0.1) is 5.41 Å². The summed E-state index contributed by atoms with van der Waals surface area (Å²) in [5.74, 6) is 4.53. The summed E-state index contributed by atoms with van der Waals surface area (Å²) in [5.41, 5.74) is -1.06. The SMILES string of the molecule is CCOC(=O)[C@]1(C)CCN(N)C1=O. The molecule has 0 aromatic heterocycles. The Bertz CT molecular complexity index is 242. The van der Waals surface area contributed by atoms with Crippen molar-refractivity contribution in [2.75, 3.05) is 13.2 Å². The lowest BCUT2D eigenvalue weighted by Crippen LogP contribution is -2.42. The van der Waals surface area contributed by atoms with Crippen LogP contribution in [0.4, 0.5) is 0 Å². The highest BCUT2D eigenvalue weighted by atomic mass is 16.5. The van der Waals surface area contributed by atoms with Gasteiger partial charge < -0.3 is 4.74 Å². The summed E-state index contributed by atoms with van der Waals surface area (Å²) >= 11 is 0. The molecule has 1 rings (SSSR count). The molecule has 0 aromatic rings. The van der Waals surface area contributed by atoms with E-state index in [4.69, 9.17) is 10.6 Å². The average Bonchev–Trinajstić information content (AvgIpc) is 2.35. The first-order valence-corrected chi connectivity index (χ1v) is 4.26. The van der Waals surface area contributed by atoms with Gasteiger partial charge in [-0.15, -0.1) is 0 Å². The molecule has 1 fully saturated rings. The van der Waals surface area contributed by atoms with E-state index in [9.17, 15) is 9.59 Å². The summed E-state index contributed by atoms with van der Waals surface area (Å²) < 4.78 is 4.81. The van der Waals surface area contributed by atoms with E-state index in [2.05, 4.69) is 0 Å². The number of nitrogens with two attached hydrogens (primary N) is 1. The summed E-state index contributed by atoms with van der Waals surface area (Å²) in [5, 5.41) is 1.07. The van der Waals surface area contributed by atoms with Gasteiger partial charge in [-0.05, 0) is 20.3 Å². The molecule has 1 aliphatic heterocycles. The van der Waals surface area contributed by atoms with Gasteiger partial charge in [-0.1, -0.05) is 0 Å². The Morgan fingerprint density at radius 1 is 1.77 bits per heavy atom. The maximum Gasteiger partial charge on any atom is 0.321 e. The summed E-state index contributed by atoms with van der Waals surface area (Å²) in [7, 11) is 0. The van der Waals surface area contributed by atoms with Gasteiger partial charge in [0.15, 0.2) is 0 Å². The third-order valence-electron chi connectivity index (χ3n) is 2.31. The van der Waals surface area contributed by atoms with Gasteiger partial charge in [0.2, 0.25) is 0 Å². The van der Waals surface area contributed by atoms with Crippen molar-refractivity contribution in [1.29, 1.82) is 0 Å². The molecular weight excluding hydrogens is 172 g/mol. The molecule has 0 aromatic carbocycles. The number of carbonyl (C=O) groups is 2. The summed E-state index contributed by atoms with van der Waals surface area (Å²) in [6.07, 6.45) is 0.432. The lowest BCUT2D eigenvalue weighted by Gasteiger charge is -2.18. The second-order valence-electron chi connectivity index (χ2n) is 3.30. The zero-order valence-electron chi connectivity index (χ0n) is 7.87. The predicted octanol–water partition coefficient (Wildman–Crippen LogP) is -0.338. The molecule has 0 unspecified atom stereocenters. The highest BCUT2D eigenvalue weighted by Crippen LogP contribution is 2.30. The summed E-state index contributed by atoms with van der Waals surface area (Å²) in [4.78, 5) is 22.8. The Kier molecular flexibility index (Phi) is 2.56. The van der Waals surface area contributed by atoms with E-state index in [-0.39, 0.29) is 12.5 Å². The number of hydrogen-bond acceptors (Lipinski definition) is 4. The standard InChI is InChI=1S/C8H14N2O3/c1-3-13-7(12)8(2)4-5-10(9)6(8)11/h3-5,9H2,1-2H3/t8-/m1/s1. The zero-order valence-corrected chi connectivity index (χ0v) is 7.87. The van der Waals surface area contributed by atoms with Crippen LogP contribution in [0.15, 0.2) is 0 Å². The van der Waals surface area contributed by atoms with Crippen LogP contribution in [0.25, 0.3) is 0 Å². The van der Waals surface area contributed by atoms with Crippen molar-refractivity contribution in [1.82, 2.24) is 5.01 Å². The van der Waals surface area contributed by atoms with E-state index < -0.39 is 11.4 Å². The molecular formula is C8H14N2O3. The molecule has 0 spiro atoms. The van der Waals surface area contributed by atoms with Crippen LogP contribution in [0.3, 0.4) is 0 Å². The number of nitrogens with zero attached hydrogens (tertiary/aromatic N) is 1. The molecule has 1 aliphatic rings. The van der Waals surface area contributed by atoms with Crippen LogP contribution in [0.2, 0.25) is 0 Å². The quantitative estimate of drug-likeness (QED) is 0.277. The molecule has 1 saturated heterocycles. The van der Waals surface area contributed by atoms with Gasteiger partial charge in [-0.2, -0.15) is 0 Å². The van der Waals surface area contributed by atoms with Crippen molar-refractivity contribution < 1.29 is 14.3 Å². The minimum Gasteiger partial charge on any atom is -0.465 e. The monoisotopic (exact) mass is 186 g/mol. The Labute approximate surface area is 76.8 Å². The second kappa shape index (κ2) is 3.33. The molecule has 5 heteroatoms. The van der Waals surface area contributed by atoms with Gasteiger partial charge >= 0.3 is 5.97 Å². The van der Waals surface area contributed by atoms with E-state index in [1.54, 1.807) is 13.8 Å². The molecule has 74 valence electrons. The third kappa shape index (κ3) is 1.51. The molecule has 0 bridgehead atoms. The third-order valence-corrected chi connectivity index (χ3v) is 2.31. The smallest absolute Gasteiger partial charge is 0.321 e. The van der Waals surface area contributed by atoms with Gasteiger partial charge in [0, 0.05) is 6.54 Å².